The summed E-state index contributed by atoms with van der Waals surface area (Å²) in [4.78, 5) is 1.39. The number of hydrogen-bond acceptors (Lipinski definition) is 2. The summed E-state index contributed by atoms with van der Waals surface area (Å²) in [5.74, 6) is 0. The zero-order valence-electron chi connectivity index (χ0n) is 8.97. The van der Waals surface area contributed by atoms with E-state index in [1.54, 1.807) is 20.2 Å². The van der Waals surface area contributed by atoms with E-state index in [0.717, 1.165) is 0 Å². The molecule has 2 nitrogen and oxygen atoms in total. The number of anilines is 1. The van der Waals surface area contributed by atoms with Gasteiger partial charge in [-0.3, -0.25) is 0 Å². The first-order chi connectivity index (χ1) is 7.38. The second kappa shape index (κ2) is 4.44. The smallest absolute Gasteiger partial charge is 0.377 e. The summed E-state index contributed by atoms with van der Waals surface area (Å²) in [6, 6.07) is 5.99. The normalized spacial score (nSPS) is 11.0. The average Bonchev–Trinajstić information content (AvgIpc) is 2.16. The van der Waals surface area contributed by atoms with E-state index >= 15 is 0 Å². The van der Waals surface area contributed by atoms with Crippen molar-refractivity contribution in [2.75, 3.05) is 19.0 Å². The Labute approximate surface area is 91.9 Å². The lowest BCUT2D eigenvalue weighted by Crippen LogP contribution is -2.18. The number of nitrogens with zero attached hydrogens (tertiary/aromatic N) is 2. The van der Waals surface area contributed by atoms with Gasteiger partial charge in [0.05, 0.1) is 18.1 Å². The number of rotatable bonds is 2. The minimum atomic E-state index is -4.44. The Morgan fingerprint density at radius 3 is 2.38 bits per heavy atom. The Morgan fingerprint density at radius 1 is 1.31 bits per heavy atom. The highest BCUT2D eigenvalue weighted by Crippen LogP contribution is 2.38. The molecule has 0 aromatic heterocycles. The van der Waals surface area contributed by atoms with Crippen molar-refractivity contribution in [3.8, 4) is 6.07 Å². The van der Waals surface area contributed by atoms with Crippen molar-refractivity contribution in [1.29, 1.82) is 5.26 Å². The topological polar surface area (TPSA) is 27.0 Å². The largest absolute Gasteiger partial charge is 0.418 e. The predicted octanol–water partition coefficient (Wildman–Crippen LogP) is 2.84. The Bertz CT molecular complexity index is 416. The van der Waals surface area contributed by atoms with E-state index in [2.05, 4.69) is 0 Å². The molecule has 86 valence electrons. The molecule has 0 aliphatic rings. The van der Waals surface area contributed by atoms with Crippen molar-refractivity contribution in [1.82, 2.24) is 0 Å². The van der Waals surface area contributed by atoms with Crippen molar-refractivity contribution in [3.05, 3.63) is 29.3 Å². The van der Waals surface area contributed by atoms with Gasteiger partial charge in [0.2, 0.25) is 0 Å². The van der Waals surface area contributed by atoms with E-state index in [0.29, 0.717) is 0 Å². The Kier molecular flexibility index (Phi) is 3.43. The molecule has 16 heavy (non-hydrogen) atoms. The minimum absolute atomic E-state index is 0.0150. The van der Waals surface area contributed by atoms with Gasteiger partial charge in [-0.1, -0.05) is 12.1 Å². The quantitative estimate of drug-likeness (QED) is 0.778. The molecule has 0 saturated carbocycles. The predicted molar refractivity (Wildman–Crippen MR) is 55.1 cm³/mol. The molecule has 1 aromatic carbocycles. The van der Waals surface area contributed by atoms with E-state index in [-0.39, 0.29) is 17.7 Å². The van der Waals surface area contributed by atoms with Crippen LogP contribution in [0.4, 0.5) is 18.9 Å². The zero-order valence-corrected chi connectivity index (χ0v) is 8.97. The van der Waals surface area contributed by atoms with E-state index in [9.17, 15) is 13.2 Å². The lowest BCUT2D eigenvalue weighted by atomic mass is 10.0. The molecule has 1 aromatic rings. The maximum atomic E-state index is 12.9. The van der Waals surface area contributed by atoms with Crippen LogP contribution in [0.3, 0.4) is 0 Å². The molecular weight excluding hydrogens is 217 g/mol. The molecule has 0 radical (unpaired) electrons. The van der Waals surface area contributed by atoms with Crippen LogP contribution in [0.2, 0.25) is 0 Å². The van der Waals surface area contributed by atoms with Gasteiger partial charge < -0.3 is 4.90 Å². The second-order valence-electron chi connectivity index (χ2n) is 3.54. The van der Waals surface area contributed by atoms with Gasteiger partial charge in [-0.2, -0.15) is 18.4 Å². The SMILES string of the molecule is CN(C)c1cccc(CC#N)c1C(F)(F)F. The average molecular weight is 228 g/mol. The van der Waals surface area contributed by atoms with Gasteiger partial charge in [-0.25, -0.2) is 0 Å². The third kappa shape index (κ3) is 2.45. The number of nitriles is 1. The zero-order chi connectivity index (χ0) is 12.3. The van der Waals surface area contributed by atoms with Crippen LogP contribution in [0.5, 0.6) is 0 Å². The summed E-state index contributed by atoms with van der Waals surface area (Å²) in [5, 5.41) is 8.51. The van der Waals surface area contributed by atoms with Crippen LogP contribution in [-0.2, 0) is 12.6 Å². The molecule has 1 rings (SSSR count). The van der Waals surface area contributed by atoms with Crippen LogP contribution >= 0.6 is 0 Å². The number of hydrogen-bond donors (Lipinski definition) is 0. The summed E-state index contributed by atoms with van der Waals surface area (Å²) < 4.78 is 38.6. The second-order valence-corrected chi connectivity index (χ2v) is 3.54. The maximum Gasteiger partial charge on any atom is 0.418 e. The van der Waals surface area contributed by atoms with Crippen LogP contribution in [0, 0.1) is 11.3 Å². The molecule has 0 aliphatic heterocycles. The van der Waals surface area contributed by atoms with Gasteiger partial charge in [-0.15, -0.1) is 0 Å². The fourth-order valence-electron chi connectivity index (χ4n) is 1.52. The van der Waals surface area contributed by atoms with Gasteiger partial charge in [0.25, 0.3) is 0 Å². The monoisotopic (exact) mass is 228 g/mol. The summed E-state index contributed by atoms with van der Waals surface area (Å²) in [6.45, 7) is 0. The van der Waals surface area contributed by atoms with Crippen LogP contribution in [0.15, 0.2) is 18.2 Å². The molecule has 0 fully saturated rings. The summed E-state index contributed by atoms with van der Waals surface area (Å²) >= 11 is 0. The van der Waals surface area contributed by atoms with Crippen molar-refractivity contribution in [3.63, 3.8) is 0 Å². The van der Waals surface area contributed by atoms with Crippen molar-refractivity contribution in [2.45, 2.75) is 12.6 Å². The Hall–Kier alpha value is -1.70. The highest BCUT2D eigenvalue weighted by atomic mass is 19.4. The fourth-order valence-corrected chi connectivity index (χ4v) is 1.52. The minimum Gasteiger partial charge on any atom is -0.377 e. The highest BCUT2D eigenvalue weighted by Gasteiger charge is 2.36. The van der Waals surface area contributed by atoms with Crippen molar-refractivity contribution < 1.29 is 13.2 Å². The lowest BCUT2D eigenvalue weighted by molar-refractivity contribution is -0.137. The first kappa shape index (κ1) is 12.4. The van der Waals surface area contributed by atoms with Crippen molar-refractivity contribution >= 4 is 5.69 Å². The van der Waals surface area contributed by atoms with Crippen LogP contribution < -0.4 is 4.90 Å². The Balaban J connectivity index is 3.42. The number of halogens is 3. The molecule has 0 saturated heterocycles. The fraction of sp³-hybridized carbons (Fsp3) is 0.364. The standard InChI is InChI=1S/C11H11F3N2/c1-16(2)9-5-3-4-8(6-7-15)10(9)11(12,13)14/h3-5H,6H2,1-2H3. The summed E-state index contributed by atoms with van der Waals surface area (Å²) in [6.07, 6.45) is -4.68. The van der Waals surface area contributed by atoms with Crippen LogP contribution in [0.1, 0.15) is 11.1 Å². The van der Waals surface area contributed by atoms with E-state index in [1.807, 2.05) is 0 Å². The molecule has 0 bridgehead atoms. The Morgan fingerprint density at radius 2 is 1.94 bits per heavy atom. The molecule has 0 amide bonds. The molecule has 0 N–H and O–H groups in total. The third-order valence-electron chi connectivity index (χ3n) is 2.16. The maximum absolute atomic E-state index is 12.9. The summed E-state index contributed by atoms with van der Waals surface area (Å²) in [5.41, 5.74) is -0.622. The van der Waals surface area contributed by atoms with Gasteiger partial charge in [0.1, 0.15) is 0 Å². The van der Waals surface area contributed by atoms with E-state index < -0.39 is 11.7 Å². The molecule has 0 heterocycles. The molecule has 0 atom stereocenters. The third-order valence-corrected chi connectivity index (χ3v) is 2.16. The first-order valence-corrected chi connectivity index (χ1v) is 4.61. The molecule has 0 aliphatic carbocycles. The van der Waals surface area contributed by atoms with Crippen LogP contribution in [0.25, 0.3) is 0 Å². The molecule has 0 unspecified atom stereocenters. The van der Waals surface area contributed by atoms with Gasteiger partial charge in [0.15, 0.2) is 0 Å². The van der Waals surface area contributed by atoms with Gasteiger partial charge in [0, 0.05) is 19.8 Å². The lowest BCUT2D eigenvalue weighted by Gasteiger charge is -2.21. The molecular formula is C11H11F3N2. The van der Waals surface area contributed by atoms with Crippen LogP contribution in [-0.4, -0.2) is 14.1 Å². The molecule has 5 heteroatoms. The van der Waals surface area contributed by atoms with Crippen molar-refractivity contribution in [2.24, 2.45) is 0 Å². The number of alkyl halides is 3. The number of benzene rings is 1. The van der Waals surface area contributed by atoms with Gasteiger partial charge >= 0.3 is 6.18 Å². The van der Waals surface area contributed by atoms with Gasteiger partial charge in [-0.05, 0) is 11.6 Å². The highest BCUT2D eigenvalue weighted by molar-refractivity contribution is 5.57. The van der Waals surface area contributed by atoms with E-state index in [4.69, 9.17) is 5.26 Å². The first-order valence-electron chi connectivity index (χ1n) is 4.61. The van der Waals surface area contributed by atoms with E-state index in [1.165, 1.54) is 23.1 Å². The summed E-state index contributed by atoms with van der Waals surface area (Å²) in [7, 11) is 3.08. The molecule has 0 spiro atoms.